The first-order chi connectivity index (χ1) is 7.56. The van der Waals surface area contributed by atoms with E-state index in [0.29, 0.717) is 32.3 Å². The molecule has 1 rings (SSSR count). The Morgan fingerprint density at radius 2 is 2.12 bits per heavy atom. The molecule has 0 aliphatic heterocycles. The largest absolute Gasteiger partial charge is 0.380 e. The van der Waals surface area contributed by atoms with E-state index >= 15 is 0 Å². The fraction of sp³-hybridized carbons (Fsp3) is 1.00. The second-order valence-electron chi connectivity index (χ2n) is 4.13. The van der Waals surface area contributed by atoms with E-state index in [-0.39, 0.29) is 0 Å². The van der Waals surface area contributed by atoms with Crippen molar-refractivity contribution in [3.8, 4) is 0 Å². The van der Waals surface area contributed by atoms with E-state index < -0.39 is 15.3 Å². The lowest BCUT2D eigenvalue weighted by atomic mass is 10.4. The fourth-order valence-corrected chi connectivity index (χ4v) is 2.24. The SMILES string of the molecule is CCOCCNS(=O)(=O)C(C)CNC1CC1. The summed E-state index contributed by atoms with van der Waals surface area (Å²) in [6.45, 7) is 5.52. The number of sulfonamides is 1. The van der Waals surface area contributed by atoms with Gasteiger partial charge in [-0.25, -0.2) is 13.1 Å². The third-order valence-corrected chi connectivity index (χ3v) is 4.39. The number of nitrogens with one attached hydrogen (secondary N) is 2. The maximum atomic E-state index is 11.7. The van der Waals surface area contributed by atoms with Gasteiger partial charge in [-0.1, -0.05) is 0 Å². The monoisotopic (exact) mass is 250 g/mol. The molecular weight excluding hydrogens is 228 g/mol. The van der Waals surface area contributed by atoms with Gasteiger partial charge in [0.1, 0.15) is 0 Å². The molecule has 0 aromatic rings. The highest BCUT2D eigenvalue weighted by Gasteiger charge is 2.25. The zero-order chi connectivity index (χ0) is 12.0. The number of rotatable bonds is 9. The molecule has 0 aromatic heterocycles. The summed E-state index contributed by atoms with van der Waals surface area (Å²) in [5.41, 5.74) is 0. The Bertz CT molecular complexity index is 288. The summed E-state index contributed by atoms with van der Waals surface area (Å²) >= 11 is 0. The second kappa shape index (κ2) is 6.54. The summed E-state index contributed by atoms with van der Waals surface area (Å²) in [7, 11) is -3.20. The molecule has 2 N–H and O–H groups in total. The highest BCUT2D eigenvalue weighted by Crippen LogP contribution is 2.18. The summed E-state index contributed by atoms with van der Waals surface area (Å²) in [4.78, 5) is 0. The minimum atomic E-state index is -3.20. The van der Waals surface area contributed by atoms with Crippen molar-refractivity contribution in [2.75, 3.05) is 26.3 Å². The van der Waals surface area contributed by atoms with Crippen molar-refractivity contribution >= 4 is 10.0 Å². The molecule has 5 nitrogen and oxygen atoms in total. The van der Waals surface area contributed by atoms with Crippen LogP contribution in [0.4, 0.5) is 0 Å². The molecule has 1 aliphatic carbocycles. The van der Waals surface area contributed by atoms with Crippen LogP contribution in [0.3, 0.4) is 0 Å². The van der Waals surface area contributed by atoms with Gasteiger partial charge in [0.25, 0.3) is 0 Å². The van der Waals surface area contributed by atoms with Crippen LogP contribution in [-0.2, 0) is 14.8 Å². The van der Waals surface area contributed by atoms with Crippen LogP contribution in [0.25, 0.3) is 0 Å². The van der Waals surface area contributed by atoms with Gasteiger partial charge in [0.05, 0.1) is 11.9 Å². The number of ether oxygens (including phenoxy) is 1. The standard InChI is InChI=1S/C10H22N2O3S/c1-3-15-7-6-12-16(13,14)9(2)8-11-10-4-5-10/h9-12H,3-8H2,1-2H3. The Kier molecular flexibility index (Phi) is 5.68. The van der Waals surface area contributed by atoms with E-state index in [1.807, 2.05) is 6.92 Å². The molecular formula is C10H22N2O3S. The van der Waals surface area contributed by atoms with Crippen molar-refractivity contribution < 1.29 is 13.2 Å². The molecule has 0 spiro atoms. The summed E-state index contributed by atoms with van der Waals surface area (Å²) < 4.78 is 31.1. The van der Waals surface area contributed by atoms with Crippen molar-refractivity contribution in [2.45, 2.75) is 38.0 Å². The summed E-state index contributed by atoms with van der Waals surface area (Å²) in [6.07, 6.45) is 2.34. The lowest BCUT2D eigenvalue weighted by Gasteiger charge is -2.14. The average Bonchev–Trinajstić information content (AvgIpc) is 3.04. The average molecular weight is 250 g/mol. The predicted octanol–water partition coefficient (Wildman–Crippen LogP) is 0.0828. The number of hydrogen-bond acceptors (Lipinski definition) is 4. The minimum absolute atomic E-state index is 0.351. The third-order valence-electron chi connectivity index (χ3n) is 2.55. The molecule has 1 unspecified atom stereocenters. The molecule has 0 heterocycles. The quantitative estimate of drug-likeness (QED) is 0.569. The summed E-state index contributed by atoms with van der Waals surface area (Å²) in [5, 5.41) is 2.82. The second-order valence-corrected chi connectivity index (χ2v) is 6.31. The molecule has 0 bridgehead atoms. The first-order valence-electron chi connectivity index (χ1n) is 5.86. The van der Waals surface area contributed by atoms with Crippen LogP contribution in [0.15, 0.2) is 0 Å². The Balaban J connectivity index is 2.18. The Morgan fingerprint density at radius 3 is 2.69 bits per heavy atom. The molecule has 1 saturated carbocycles. The molecule has 1 aliphatic rings. The summed E-state index contributed by atoms with van der Waals surface area (Å²) in [5.74, 6) is 0. The van der Waals surface area contributed by atoms with Gasteiger partial charge in [-0.3, -0.25) is 0 Å². The van der Waals surface area contributed by atoms with Crippen molar-refractivity contribution in [1.82, 2.24) is 10.0 Å². The molecule has 0 aromatic carbocycles. The minimum Gasteiger partial charge on any atom is -0.380 e. The van der Waals surface area contributed by atoms with Crippen molar-refractivity contribution in [1.29, 1.82) is 0 Å². The first kappa shape index (κ1) is 13.9. The van der Waals surface area contributed by atoms with Gasteiger partial charge < -0.3 is 10.1 Å². The zero-order valence-corrected chi connectivity index (χ0v) is 10.8. The smallest absolute Gasteiger partial charge is 0.215 e. The van der Waals surface area contributed by atoms with Gasteiger partial charge in [0.15, 0.2) is 0 Å². The topological polar surface area (TPSA) is 67.4 Å². The van der Waals surface area contributed by atoms with Crippen LogP contribution in [0.5, 0.6) is 0 Å². The van der Waals surface area contributed by atoms with Gasteiger partial charge in [-0.15, -0.1) is 0 Å². The van der Waals surface area contributed by atoms with E-state index in [4.69, 9.17) is 4.74 Å². The van der Waals surface area contributed by atoms with E-state index in [2.05, 4.69) is 10.0 Å². The Morgan fingerprint density at radius 1 is 1.44 bits per heavy atom. The van der Waals surface area contributed by atoms with Gasteiger partial charge in [-0.2, -0.15) is 0 Å². The maximum absolute atomic E-state index is 11.7. The van der Waals surface area contributed by atoms with Crippen molar-refractivity contribution in [2.24, 2.45) is 0 Å². The Labute approximate surface area is 98.0 Å². The molecule has 0 radical (unpaired) electrons. The predicted molar refractivity (Wildman–Crippen MR) is 63.9 cm³/mol. The van der Waals surface area contributed by atoms with E-state index in [0.717, 1.165) is 0 Å². The van der Waals surface area contributed by atoms with E-state index in [1.165, 1.54) is 12.8 Å². The molecule has 1 atom stereocenters. The fourth-order valence-electron chi connectivity index (χ4n) is 1.27. The van der Waals surface area contributed by atoms with Crippen LogP contribution in [0, 0.1) is 0 Å². The molecule has 0 saturated heterocycles. The molecule has 0 amide bonds. The van der Waals surface area contributed by atoms with Crippen LogP contribution in [0.2, 0.25) is 0 Å². The first-order valence-corrected chi connectivity index (χ1v) is 7.40. The van der Waals surface area contributed by atoms with Gasteiger partial charge in [0.2, 0.25) is 10.0 Å². The Hall–Kier alpha value is -0.170. The normalized spacial score (nSPS) is 18.6. The molecule has 6 heteroatoms. The number of hydrogen-bond donors (Lipinski definition) is 2. The highest BCUT2D eigenvalue weighted by molar-refractivity contribution is 7.90. The maximum Gasteiger partial charge on any atom is 0.215 e. The van der Waals surface area contributed by atoms with Crippen LogP contribution < -0.4 is 10.0 Å². The lowest BCUT2D eigenvalue weighted by molar-refractivity contribution is 0.153. The van der Waals surface area contributed by atoms with Gasteiger partial charge in [-0.05, 0) is 26.7 Å². The van der Waals surface area contributed by atoms with Crippen molar-refractivity contribution in [3.05, 3.63) is 0 Å². The molecule has 1 fully saturated rings. The van der Waals surface area contributed by atoms with Gasteiger partial charge in [0, 0.05) is 25.7 Å². The molecule has 96 valence electrons. The van der Waals surface area contributed by atoms with Crippen molar-refractivity contribution in [3.63, 3.8) is 0 Å². The zero-order valence-electron chi connectivity index (χ0n) is 10.0. The van der Waals surface area contributed by atoms with Crippen LogP contribution >= 0.6 is 0 Å². The molecule has 16 heavy (non-hydrogen) atoms. The third kappa shape index (κ3) is 5.25. The lowest BCUT2D eigenvalue weighted by Crippen LogP contribution is -2.40. The van der Waals surface area contributed by atoms with E-state index in [9.17, 15) is 8.42 Å². The van der Waals surface area contributed by atoms with Crippen LogP contribution in [-0.4, -0.2) is 46.0 Å². The van der Waals surface area contributed by atoms with Crippen LogP contribution in [0.1, 0.15) is 26.7 Å². The van der Waals surface area contributed by atoms with E-state index in [1.54, 1.807) is 6.92 Å². The van der Waals surface area contributed by atoms with Gasteiger partial charge >= 0.3 is 0 Å². The highest BCUT2D eigenvalue weighted by atomic mass is 32.2. The summed E-state index contributed by atoms with van der Waals surface area (Å²) in [6, 6.07) is 0.543.